The number of hydrogen-bond donors (Lipinski definition) is 3. The minimum Gasteiger partial charge on any atom is -0.357 e. The maximum Gasteiger partial charge on any atom is 0.242 e. The van der Waals surface area contributed by atoms with Gasteiger partial charge in [-0.3, -0.25) is 4.79 Å². The lowest BCUT2D eigenvalue weighted by atomic mass is 10.1. The largest absolute Gasteiger partial charge is 0.357 e. The van der Waals surface area contributed by atoms with Crippen LogP contribution in [0, 0.1) is 0 Å². The van der Waals surface area contributed by atoms with Gasteiger partial charge < -0.3 is 16.0 Å². The minimum absolute atomic E-state index is 0.0545. The molecule has 1 saturated heterocycles. The summed E-state index contributed by atoms with van der Waals surface area (Å²) < 4.78 is 0.282. The van der Waals surface area contributed by atoms with Crippen molar-refractivity contribution < 1.29 is 4.79 Å². The van der Waals surface area contributed by atoms with Gasteiger partial charge >= 0.3 is 0 Å². The monoisotopic (exact) mass is 314 g/mol. The average Bonchev–Trinajstić information content (AvgIpc) is 2.78. The van der Waals surface area contributed by atoms with Gasteiger partial charge in [0.25, 0.3) is 0 Å². The first-order valence-corrected chi connectivity index (χ1v) is 8.70. The Morgan fingerprint density at radius 3 is 2.57 bits per heavy atom. The van der Waals surface area contributed by atoms with Crippen LogP contribution >= 0.6 is 11.8 Å². The van der Waals surface area contributed by atoms with E-state index >= 15 is 0 Å². The van der Waals surface area contributed by atoms with Crippen LogP contribution in [0.15, 0.2) is 4.99 Å². The minimum atomic E-state index is -0.216. The van der Waals surface area contributed by atoms with Crippen molar-refractivity contribution in [2.75, 3.05) is 25.4 Å². The molecular formula is C15H30N4OS. The van der Waals surface area contributed by atoms with Crippen LogP contribution in [0.4, 0.5) is 0 Å². The standard InChI is InChI=1S/C15H30N4OS/c1-6-16-13(17-10-12(20)19-14(2,3)4)18-11-15(5)8-7-9-21-15/h6-11H2,1-5H3,(H,19,20)(H2,16,17,18). The summed E-state index contributed by atoms with van der Waals surface area (Å²) in [6.45, 7) is 12.0. The van der Waals surface area contributed by atoms with Crippen molar-refractivity contribution in [3.63, 3.8) is 0 Å². The van der Waals surface area contributed by atoms with Crippen molar-refractivity contribution >= 4 is 23.6 Å². The highest BCUT2D eigenvalue weighted by Gasteiger charge is 2.29. The molecule has 3 N–H and O–H groups in total. The first-order chi connectivity index (χ1) is 9.74. The van der Waals surface area contributed by atoms with Gasteiger partial charge in [-0.15, -0.1) is 0 Å². The number of guanidine groups is 1. The van der Waals surface area contributed by atoms with Gasteiger partial charge in [0.15, 0.2) is 5.96 Å². The van der Waals surface area contributed by atoms with Gasteiger partial charge in [0.1, 0.15) is 6.54 Å². The molecule has 1 unspecified atom stereocenters. The fraction of sp³-hybridized carbons (Fsp3) is 0.867. The summed E-state index contributed by atoms with van der Waals surface area (Å²) in [5.74, 6) is 1.90. The van der Waals surface area contributed by atoms with E-state index in [0.29, 0.717) is 0 Å². The summed E-state index contributed by atoms with van der Waals surface area (Å²) in [5.41, 5.74) is -0.216. The summed E-state index contributed by atoms with van der Waals surface area (Å²) in [5, 5.41) is 9.47. The summed E-state index contributed by atoms with van der Waals surface area (Å²) in [6, 6.07) is 0. The molecule has 21 heavy (non-hydrogen) atoms. The number of carbonyl (C=O) groups is 1. The van der Waals surface area contributed by atoms with Crippen LogP contribution in [0.25, 0.3) is 0 Å². The maximum absolute atomic E-state index is 11.8. The number of hydrogen-bond acceptors (Lipinski definition) is 3. The molecule has 122 valence electrons. The third-order valence-electron chi connectivity index (χ3n) is 3.17. The Morgan fingerprint density at radius 2 is 2.05 bits per heavy atom. The van der Waals surface area contributed by atoms with E-state index in [1.54, 1.807) is 0 Å². The summed E-state index contributed by atoms with van der Waals surface area (Å²) >= 11 is 2.01. The second kappa shape index (κ2) is 7.92. The van der Waals surface area contributed by atoms with Gasteiger partial charge in [-0.2, -0.15) is 11.8 Å². The van der Waals surface area contributed by atoms with E-state index in [9.17, 15) is 4.79 Å². The average molecular weight is 314 g/mol. The van der Waals surface area contributed by atoms with Crippen LogP contribution in [0.1, 0.15) is 47.5 Å². The van der Waals surface area contributed by atoms with E-state index in [1.807, 2.05) is 39.5 Å². The molecule has 0 radical (unpaired) electrons. The Bertz CT molecular complexity index is 370. The Labute approximate surface area is 133 Å². The summed E-state index contributed by atoms with van der Waals surface area (Å²) in [4.78, 5) is 16.2. The molecule has 0 bridgehead atoms. The second-order valence-corrected chi connectivity index (χ2v) is 8.43. The molecule has 1 amide bonds. The topological polar surface area (TPSA) is 65.5 Å². The van der Waals surface area contributed by atoms with Crippen LogP contribution in [-0.2, 0) is 4.79 Å². The summed E-state index contributed by atoms with van der Waals surface area (Å²) in [7, 11) is 0. The highest BCUT2D eigenvalue weighted by atomic mass is 32.2. The molecule has 0 saturated carbocycles. The van der Waals surface area contributed by atoms with Crippen LogP contribution in [0.2, 0.25) is 0 Å². The van der Waals surface area contributed by atoms with E-state index in [4.69, 9.17) is 0 Å². The molecule has 1 rings (SSSR count). The van der Waals surface area contributed by atoms with E-state index in [1.165, 1.54) is 18.6 Å². The zero-order valence-corrected chi connectivity index (χ0v) is 14.8. The highest BCUT2D eigenvalue weighted by molar-refractivity contribution is 8.00. The fourth-order valence-electron chi connectivity index (χ4n) is 2.20. The zero-order valence-electron chi connectivity index (χ0n) is 14.0. The predicted octanol–water partition coefficient (Wildman–Crippen LogP) is 1.74. The molecule has 1 heterocycles. The first-order valence-electron chi connectivity index (χ1n) is 7.71. The molecule has 1 aliphatic rings. The van der Waals surface area contributed by atoms with E-state index in [0.717, 1.165) is 19.0 Å². The molecule has 0 aromatic heterocycles. The number of nitrogens with zero attached hydrogens (tertiary/aromatic N) is 1. The molecule has 0 spiro atoms. The van der Waals surface area contributed by atoms with Crippen molar-refractivity contribution in [3.8, 4) is 0 Å². The third-order valence-corrected chi connectivity index (χ3v) is 4.71. The number of amides is 1. The van der Waals surface area contributed by atoms with Crippen molar-refractivity contribution in [3.05, 3.63) is 0 Å². The Hall–Kier alpha value is -0.910. The van der Waals surface area contributed by atoms with Crippen molar-refractivity contribution in [1.82, 2.24) is 16.0 Å². The quantitative estimate of drug-likeness (QED) is 0.534. The van der Waals surface area contributed by atoms with Gasteiger partial charge in [-0.25, -0.2) is 4.99 Å². The normalized spacial score (nSPS) is 23.0. The smallest absolute Gasteiger partial charge is 0.242 e. The molecule has 1 atom stereocenters. The predicted molar refractivity (Wildman–Crippen MR) is 92.0 cm³/mol. The van der Waals surface area contributed by atoms with Gasteiger partial charge in [-0.1, -0.05) is 0 Å². The summed E-state index contributed by atoms with van der Waals surface area (Å²) in [6.07, 6.45) is 2.51. The van der Waals surface area contributed by atoms with Gasteiger partial charge in [-0.05, 0) is 53.2 Å². The van der Waals surface area contributed by atoms with Gasteiger partial charge in [0, 0.05) is 23.4 Å². The maximum atomic E-state index is 11.8. The molecule has 1 aliphatic heterocycles. The number of carbonyl (C=O) groups excluding carboxylic acids is 1. The van der Waals surface area contributed by atoms with E-state index in [2.05, 4.69) is 27.9 Å². The molecule has 5 nitrogen and oxygen atoms in total. The molecular weight excluding hydrogens is 284 g/mol. The van der Waals surface area contributed by atoms with Gasteiger partial charge in [0.05, 0.1) is 0 Å². The Balaban J connectivity index is 2.47. The van der Waals surface area contributed by atoms with Crippen LogP contribution < -0.4 is 16.0 Å². The molecule has 6 heteroatoms. The SMILES string of the molecule is CCNC(=NCC(=O)NC(C)(C)C)NCC1(C)CCCS1. The van der Waals surface area contributed by atoms with Crippen molar-refractivity contribution in [2.24, 2.45) is 4.99 Å². The van der Waals surface area contributed by atoms with Crippen LogP contribution in [0.3, 0.4) is 0 Å². The number of aliphatic imine (C=N–C) groups is 1. The number of rotatable bonds is 5. The first kappa shape index (κ1) is 18.1. The lowest BCUT2D eigenvalue weighted by Crippen LogP contribution is -2.45. The number of thioether (sulfide) groups is 1. The lowest BCUT2D eigenvalue weighted by Gasteiger charge is -2.24. The molecule has 0 aromatic carbocycles. The van der Waals surface area contributed by atoms with E-state index in [-0.39, 0.29) is 22.7 Å². The Morgan fingerprint density at radius 1 is 1.33 bits per heavy atom. The van der Waals surface area contributed by atoms with Crippen LogP contribution in [-0.4, -0.2) is 47.5 Å². The fourth-order valence-corrected chi connectivity index (χ4v) is 3.44. The van der Waals surface area contributed by atoms with Crippen LogP contribution in [0.5, 0.6) is 0 Å². The lowest BCUT2D eigenvalue weighted by molar-refractivity contribution is -0.121. The van der Waals surface area contributed by atoms with Crippen molar-refractivity contribution in [2.45, 2.75) is 57.7 Å². The van der Waals surface area contributed by atoms with Crippen molar-refractivity contribution in [1.29, 1.82) is 0 Å². The zero-order chi connectivity index (χ0) is 15.9. The second-order valence-electron chi connectivity index (χ2n) is 6.75. The number of nitrogens with one attached hydrogen (secondary N) is 3. The highest BCUT2D eigenvalue weighted by Crippen LogP contribution is 2.36. The third kappa shape index (κ3) is 7.60. The van der Waals surface area contributed by atoms with E-state index < -0.39 is 0 Å². The molecule has 1 fully saturated rings. The molecule has 0 aromatic rings. The van der Waals surface area contributed by atoms with Gasteiger partial charge in [0.2, 0.25) is 5.91 Å². The Kier molecular flexibility index (Phi) is 6.84. The molecule has 0 aliphatic carbocycles.